The number of hydrogen-bond acceptors (Lipinski definition) is 4. The fraction of sp³-hybridized carbons (Fsp3) is 0.217. The molecule has 0 fully saturated rings. The Morgan fingerprint density at radius 3 is 2.62 bits per heavy atom. The molecular weight excluding hydrogens is 386 g/mol. The quantitative estimate of drug-likeness (QED) is 0.391. The summed E-state index contributed by atoms with van der Waals surface area (Å²) in [7, 11) is 0. The second-order valence-corrected chi connectivity index (χ2v) is 7.66. The van der Waals surface area contributed by atoms with E-state index in [1.807, 2.05) is 24.3 Å². The summed E-state index contributed by atoms with van der Waals surface area (Å²) in [5.41, 5.74) is 4.96. The molecule has 0 aliphatic carbocycles. The lowest BCUT2D eigenvalue weighted by atomic mass is 10.00. The van der Waals surface area contributed by atoms with Crippen LogP contribution in [-0.4, -0.2) is 23.8 Å². The van der Waals surface area contributed by atoms with Gasteiger partial charge in [-0.15, -0.1) is 0 Å². The number of phenols is 1. The van der Waals surface area contributed by atoms with Crippen LogP contribution in [0.15, 0.2) is 59.7 Å². The minimum Gasteiger partial charge on any atom is -0.506 e. The minimum atomic E-state index is -0.401. The van der Waals surface area contributed by atoms with Crippen molar-refractivity contribution in [2.24, 2.45) is 11.0 Å². The van der Waals surface area contributed by atoms with Gasteiger partial charge in [-0.3, -0.25) is 4.79 Å². The summed E-state index contributed by atoms with van der Waals surface area (Å²) in [6.45, 7) is 6.13. The number of rotatable bonds is 7. The van der Waals surface area contributed by atoms with Crippen molar-refractivity contribution in [2.45, 2.75) is 20.4 Å². The van der Waals surface area contributed by atoms with E-state index in [1.54, 1.807) is 6.21 Å². The Labute approximate surface area is 175 Å². The van der Waals surface area contributed by atoms with Crippen LogP contribution < -0.4 is 10.7 Å². The summed E-state index contributed by atoms with van der Waals surface area (Å²) in [4.78, 5) is 12.2. The van der Waals surface area contributed by atoms with Gasteiger partial charge in [-0.05, 0) is 47.0 Å². The summed E-state index contributed by atoms with van der Waals surface area (Å²) in [6.07, 6.45) is 1.63. The first kappa shape index (κ1) is 20.8. The number of nitrogens with one attached hydrogen (secondary N) is 2. The predicted molar refractivity (Wildman–Crippen MR) is 119 cm³/mol. The molecule has 0 saturated carbocycles. The van der Waals surface area contributed by atoms with Crippen molar-refractivity contribution in [2.75, 3.05) is 6.54 Å². The number of benzene rings is 3. The molecule has 0 atom stereocenters. The average molecular weight is 410 g/mol. The van der Waals surface area contributed by atoms with Gasteiger partial charge in [0.05, 0.1) is 11.2 Å². The maximum Gasteiger partial charge on any atom is 0.271 e. The fourth-order valence-electron chi connectivity index (χ4n) is 3.02. The summed E-state index contributed by atoms with van der Waals surface area (Å²) in [5, 5.41) is 19.4. The van der Waals surface area contributed by atoms with Crippen molar-refractivity contribution >= 4 is 34.5 Å². The average Bonchev–Trinajstić information content (AvgIpc) is 2.71. The SMILES string of the molecule is CC(C)CNCc1ccc(C=NNC(=O)c2ccc(O)c(Cl)c2)c2ccccc12. The molecule has 0 heterocycles. The first-order valence-electron chi connectivity index (χ1n) is 9.49. The van der Waals surface area contributed by atoms with Crippen LogP contribution in [0.2, 0.25) is 5.02 Å². The highest BCUT2D eigenvalue weighted by Gasteiger charge is 2.08. The van der Waals surface area contributed by atoms with E-state index in [1.165, 1.54) is 23.8 Å². The Bertz CT molecular complexity index is 1050. The summed E-state index contributed by atoms with van der Waals surface area (Å²) < 4.78 is 0. The highest BCUT2D eigenvalue weighted by atomic mass is 35.5. The molecule has 150 valence electrons. The van der Waals surface area contributed by atoms with Crippen molar-refractivity contribution < 1.29 is 9.90 Å². The van der Waals surface area contributed by atoms with Gasteiger partial charge in [-0.2, -0.15) is 5.10 Å². The van der Waals surface area contributed by atoms with Crippen LogP contribution in [-0.2, 0) is 6.54 Å². The smallest absolute Gasteiger partial charge is 0.271 e. The number of nitrogens with zero attached hydrogens (tertiary/aromatic N) is 1. The van der Waals surface area contributed by atoms with E-state index in [4.69, 9.17) is 11.6 Å². The maximum absolute atomic E-state index is 12.2. The minimum absolute atomic E-state index is 0.0684. The molecule has 0 saturated heterocycles. The van der Waals surface area contributed by atoms with Crippen LogP contribution in [0.25, 0.3) is 10.8 Å². The second kappa shape index (κ2) is 9.54. The van der Waals surface area contributed by atoms with E-state index in [0.717, 1.165) is 29.4 Å². The summed E-state index contributed by atoms with van der Waals surface area (Å²) in [6, 6.07) is 16.5. The first-order valence-corrected chi connectivity index (χ1v) is 9.86. The first-order chi connectivity index (χ1) is 14.0. The Kier molecular flexibility index (Phi) is 6.86. The van der Waals surface area contributed by atoms with Crippen molar-refractivity contribution in [3.05, 3.63) is 76.3 Å². The number of aromatic hydroxyl groups is 1. The molecule has 29 heavy (non-hydrogen) atoms. The standard InChI is InChI=1S/C23H24ClN3O2/c1-15(2)12-25-13-17-7-8-18(20-6-4-3-5-19(17)20)14-26-27-23(29)16-9-10-22(28)21(24)11-16/h3-11,14-15,25,28H,12-13H2,1-2H3,(H,27,29). The predicted octanol–water partition coefficient (Wildman–Crippen LogP) is 4.71. The zero-order chi connectivity index (χ0) is 20.8. The highest BCUT2D eigenvalue weighted by Crippen LogP contribution is 2.24. The number of carbonyl (C=O) groups is 1. The molecule has 6 heteroatoms. The molecule has 5 nitrogen and oxygen atoms in total. The lowest BCUT2D eigenvalue weighted by Gasteiger charge is -2.11. The van der Waals surface area contributed by atoms with Gasteiger partial charge < -0.3 is 10.4 Å². The second-order valence-electron chi connectivity index (χ2n) is 7.25. The van der Waals surface area contributed by atoms with Crippen molar-refractivity contribution in [3.8, 4) is 5.75 Å². The topological polar surface area (TPSA) is 73.7 Å². The molecular formula is C23H24ClN3O2. The molecule has 0 unspecified atom stereocenters. The van der Waals surface area contributed by atoms with Crippen LogP contribution in [0.5, 0.6) is 5.75 Å². The lowest BCUT2D eigenvalue weighted by molar-refractivity contribution is 0.0955. The van der Waals surface area contributed by atoms with Crippen LogP contribution in [0.1, 0.15) is 35.3 Å². The van der Waals surface area contributed by atoms with Crippen molar-refractivity contribution in [1.82, 2.24) is 10.7 Å². The van der Waals surface area contributed by atoms with Crippen molar-refractivity contribution in [3.63, 3.8) is 0 Å². The lowest BCUT2D eigenvalue weighted by Crippen LogP contribution is -2.19. The van der Waals surface area contributed by atoms with Gasteiger partial charge in [0.1, 0.15) is 5.75 Å². The number of halogens is 1. The van der Waals surface area contributed by atoms with Gasteiger partial charge in [0.15, 0.2) is 0 Å². The number of fused-ring (bicyclic) bond motifs is 1. The third-order valence-electron chi connectivity index (χ3n) is 4.50. The van der Waals surface area contributed by atoms with E-state index >= 15 is 0 Å². The molecule has 0 aliphatic rings. The highest BCUT2D eigenvalue weighted by molar-refractivity contribution is 6.32. The molecule has 0 spiro atoms. The molecule has 0 aromatic heterocycles. The molecule has 3 N–H and O–H groups in total. The van der Waals surface area contributed by atoms with E-state index in [-0.39, 0.29) is 10.8 Å². The molecule has 1 amide bonds. The molecule has 0 radical (unpaired) electrons. The van der Waals surface area contributed by atoms with Gasteiger partial charge in [0.2, 0.25) is 0 Å². The van der Waals surface area contributed by atoms with Crippen molar-refractivity contribution in [1.29, 1.82) is 0 Å². The van der Waals surface area contributed by atoms with E-state index in [9.17, 15) is 9.90 Å². The van der Waals surface area contributed by atoms with Crippen LogP contribution in [0, 0.1) is 5.92 Å². The number of hydrazone groups is 1. The van der Waals surface area contributed by atoms with E-state index in [2.05, 4.69) is 41.8 Å². The number of carbonyl (C=O) groups excluding carboxylic acids is 1. The molecule has 0 aliphatic heterocycles. The Morgan fingerprint density at radius 2 is 1.90 bits per heavy atom. The normalized spacial score (nSPS) is 11.4. The number of hydrogen-bond donors (Lipinski definition) is 3. The fourth-order valence-corrected chi connectivity index (χ4v) is 3.20. The third kappa shape index (κ3) is 5.34. The Balaban J connectivity index is 1.76. The Hall–Kier alpha value is -2.89. The van der Waals surface area contributed by atoms with Gasteiger partial charge >= 0.3 is 0 Å². The zero-order valence-electron chi connectivity index (χ0n) is 16.4. The van der Waals surface area contributed by atoms with Crippen LogP contribution in [0.4, 0.5) is 0 Å². The van der Waals surface area contributed by atoms with Crippen LogP contribution in [0.3, 0.4) is 0 Å². The zero-order valence-corrected chi connectivity index (χ0v) is 17.2. The molecule has 3 rings (SSSR count). The molecule has 0 bridgehead atoms. The number of amides is 1. The van der Waals surface area contributed by atoms with E-state index in [0.29, 0.717) is 11.5 Å². The maximum atomic E-state index is 12.2. The summed E-state index contributed by atoms with van der Waals surface area (Å²) in [5.74, 6) is 0.128. The largest absolute Gasteiger partial charge is 0.506 e. The molecule has 3 aromatic carbocycles. The van der Waals surface area contributed by atoms with E-state index < -0.39 is 5.91 Å². The van der Waals surface area contributed by atoms with Gasteiger partial charge in [0, 0.05) is 17.7 Å². The Morgan fingerprint density at radius 1 is 1.14 bits per heavy atom. The third-order valence-corrected chi connectivity index (χ3v) is 4.80. The van der Waals surface area contributed by atoms with Crippen LogP contribution >= 0.6 is 11.6 Å². The van der Waals surface area contributed by atoms with Gasteiger partial charge in [-0.1, -0.05) is 61.8 Å². The number of phenolic OH excluding ortho intramolecular Hbond substituents is 1. The molecule has 3 aromatic rings. The van der Waals surface area contributed by atoms with Gasteiger partial charge in [-0.25, -0.2) is 5.43 Å². The monoisotopic (exact) mass is 409 g/mol. The van der Waals surface area contributed by atoms with Gasteiger partial charge in [0.25, 0.3) is 5.91 Å². The summed E-state index contributed by atoms with van der Waals surface area (Å²) >= 11 is 5.85.